The molecule has 0 atom stereocenters. The summed E-state index contributed by atoms with van der Waals surface area (Å²) < 4.78 is 10.5. The van der Waals surface area contributed by atoms with E-state index in [2.05, 4.69) is 26.9 Å². The van der Waals surface area contributed by atoms with Crippen LogP contribution in [0.2, 0.25) is 0 Å². The molecule has 3 heterocycles. The molecule has 0 radical (unpaired) electrons. The van der Waals surface area contributed by atoms with Gasteiger partial charge in [0.2, 0.25) is 5.65 Å². The Morgan fingerprint density at radius 1 is 1.07 bits per heavy atom. The minimum Gasteiger partial charge on any atom is -0.497 e. The Morgan fingerprint density at radius 2 is 1.77 bits per heavy atom. The van der Waals surface area contributed by atoms with E-state index in [4.69, 9.17) is 20.0 Å². The van der Waals surface area contributed by atoms with Gasteiger partial charge in [-0.15, -0.1) is 5.10 Å². The third kappa shape index (κ3) is 3.77. The van der Waals surface area contributed by atoms with Gasteiger partial charge in [0.05, 0.1) is 14.2 Å². The summed E-state index contributed by atoms with van der Waals surface area (Å²) in [4.78, 5) is 28.6. The molecule has 0 unspecified atom stereocenters. The lowest BCUT2D eigenvalue weighted by molar-refractivity contribution is 0.0897. The topological polar surface area (TPSA) is 118 Å². The SMILES string of the molecule is COc1cc(C#Cc2nn(OC(=O)N3CCCC3)c3ncnc(N)c23)cc(OC)c1. The van der Waals surface area contributed by atoms with Crippen molar-refractivity contribution in [3.63, 3.8) is 0 Å². The highest BCUT2D eigenvalue weighted by atomic mass is 16.7. The van der Waals surface area contributed by atoms with Crippen molar-refractivity contribution in [1.29, 1.82) is 0 Å². The van der Waals surface area contributed by atoms with E-state index in [0.29, 0.717) is 41.2 Å². The molecule has 0 saturated carbocycles. The third-order valence-electron chi connectivity index (χ3n) is 4.67. The van der Waals surface area contributed by atoms with Gasteiger partial charge in [-0.3, -0.25) is 4.84 Å². The molecule has 1 fully saturated rings. The number of hydrogen-bond donors (Lipinski definition) is 1. The number of nitrogen functional groups attached to an aromatic ring is 1. The summed E-state index contributed by atoms with van der Waals surface area (Å²) in [6.07, 6.45) is 2.69. The number of ether oxygens (including phenoxy) is 2. The molecule has 10 heteroatoms. The van der Waals surface area contributed by atoms with Crippen molar-refractivity contribution in [3.8, 4) is 23.3 Å². The highest BCUT2D eigenvalue weighted by Crippen LogP contribution is 2.23. The molecule has 1 amide bonds. The van der Waals surface area contributed by atoms with Crippen molar-refractivity contribution in [1.82, 2.24) is 24.8 Å². The Kier molecular flexibility index (Phi) is 5.26. The molecule has 1 aliphatic heterocycles. The lowest BCUT2D eigenvalue weighted by Crippen LogP contribution is -2.35. The molecule has 0 aliphatic carbocycles. The van der Waals surface area contributed by atoms with E-state index in [1.807, 2.05) is 0 Å². The quantitative estimate of drug-likeness (QED) is 0.648. The second-order valence-corrected chi connectivity index (χ2v) is 6.58. The number of fused-ring (bicyclic) bond motifs is 1. The maximum Gasteiger partial charge on any atom is 0.436 e. The smallest absolute Gasteiger partial charge is 0.436 e. The number of rotatable bonds is 3. The summed E-state index contributed by atoms with van der Waals surface area (Å²) in [6, 6.07) is 5.28. The zero-order valence-electron chi connectivity index (χ0n) is 16.6. The summed E-state index contributed by atoms with van der Waals surface area (Å²) in [5.74, 6) is 7.36. The zero-order valence-corrected chi connectivity index (χ0v) is 16.6. The van der Waals surface area contributed by atoms with Gasteiger partial charge >= 0.3 is 6.09 Å². The van der Waals surface area contributed by atoms with Gasteiger partial charge in [-0.1, -0.05) is 10.8 Å². The standard InChI is InChI=1S/C20H20N6O4/c1-28-14-9-13(10-15(11-14)29-2)5-6-16-17-18(21)22-12-23-19(17)26(24-16)30-20(27)25-7-3-4-8-25/h9-12H,3-4,7-8H2,1-2H3,(H2,21,22,23). The maximum atomic E-state index is 12.4. The molecule has 1 saturated heterocycles. The van der Waals surface area contributed by atoms with Crippen LogP contribution in [0.25, 0.3) is 11.0 Å². The van der Waals surface area contributed by atoms with Gasteiger partial charge in [0.25, 0.3) is 0 Å². The monoisotopic (exact) mass is 408 g/mol. The van der Waals surface area contributed by atoms with Gasteiger partial charge in [-0.25, -0.2) is 14.8 Å². The summed E-state index contributed by atoms with van der Waals surface area (Å²) in [5.41, 5.74) is 7.23. The maximum absolute atomic E-state index is 12.4. The molecule has 4 rings (SSSR count). The van der Waals surface area contributed by atoms with Crippen LogP contribution in [-0.4, -0.2) is 58.2 Å². The van der Waals surface area contributed by atoms with Gasteiger partial charge in [-0.05, 0) is 30.9 Å². The minimum atomic E-state index is -0.494. The fourth-order valence-electron chi connectivity index (χ4n) is 3.14. The number of nitrogens with two attached hydrogens (primary N) is 1. The van der Waals surface area contributed by atoms with Crippen LogP contribution in [0.3, 0.4) is 0 Å². The lowest BCUT2D eigenvalue weighted by Gasteiger charge is -2.13. The van der Waals surface area contributed by atoms with Crippen molar-refractivity contribution >= 4 is 22.9 Å². The molecule has 1 aliphatic rings. The predicted octanol–water partition coefficient (Wildman–Crippen LogP) is 1.47. The summed E-state index contributed by atoms with van der Waals surface area (Å²) >= 11 is 0. The molecule has 10 nitrogen and oxygen atoms in total. The average Bonchev–Trinajstić information content (AvgIpc) is 3.41. The lowest BCUT2D eigenvalue weighted by atomic mass is 10.2. The molecule has 0 bridgehead atoms. The number of nitrogens with zero attached hydrogens (tertiary/aromatic N) is 5. The van der Waals surface area contributed by atoms with Crippen LogP contribution in [0, 0.1) is 11.8 Å². The van der Waals surface area contributed by atoms with Gasteiger partial charge in [0, 0.05) is 24.7 Å². The number of methoxy groups -OCH3 is 2. The zero-order chi connectivity index (χ0) is 21.1. The molecule has 3 aromatic rings. The second-order valence-electron chi connectivity index (χ2n) is 6.58. The number of likely N-dealkylation sites (tertiary alicyclic amines) is 1. The van der Waals surface area contributed by atoms with Gasteiger partial charge < -0.3 is 20.1 Å². The van der Waals surface area contributed by atoms with E-state index in [0.717, 1.165) is 17.7 Å². The first-order valence-electron chi connectivity index (χ1n) is 9.30. The molecule has 30 heavy (non-hydrogen) atoms. The molecule has 154 valence electrons. The van der Waals surface area contributed by atoms with Gasteiger partial charge in [-0.2, -0.15) is 0 Å². The van der Waals surface area contributed by atoms with Crippen LogP contribution in [0.1, 0.15) is 24.1 Å². The first-order valence-corrected chi connectivity index (χ1v) is 9.30. The predicted molar refractivity (Wildman–Crippen MR) is 108 cm³/mol. The Labute approximate surface area is 172 Å². The van der Waals surface area contributed by atoms with Crippen LogP contribution in [0.4, 0.5) is 10.6 Å². The normalized spacial score (nSPS) is 13.1. The van der Waals surface area contributed by atoms with E-state index in [1.165, 1.54) is 6.33 Å². The highest BCUT2D eigenvalue weighted by molar-refractivity contribution is 5.90. The number of anilines is 1. The molecule has 1 aromatic carbocycles. The van der Waals surface area contributed by atoms with Crippen molar-refractivity contribution in [2.75, 3.05) is 33.0 Å². The van der Waals surface area contributed by atoms with E-state index < -0.39 is 6.09 Å². The van der Waals surface area contributed by atoms with Crippen LogP contribution in [0.15, 0.2) is 24.5 Å². The average molecular weight is 408 g/mol. The van der Waals surface area contributed by atoms with Crippen molar-refractivity contribution in [2.45, 2.75) is 12.8 Å². The Balaban J connectivity index is 1.72. The van der Waals surface area contributed by atoms with E-state index in [9.17, 15) is 4.79 Å². The molecule has 0 spiro atoms. The highest BCUT2D eigenvalue weighted by Gasteiger charge is 2.23. The number of carbonyl (C=O) groups excluding carboxylic acids is 1. The summed E-state index contributed by atoms with van der Waals surface area (Å²) in [5, 5.41) is 4.70. The van der Waals surface area contributed by atoms with Gasteiger partial charge in [0.15, 0.2) is 5.69 Å². The van der Waals surface area contributed by atoms with Crippen molar-refractivity contribution in [2.24, 2.45) is 0 Å². The van der Waals surface area contributed by atoms with Crippen molar-refractivity contribution < 1.29 is 19.1 Å². The first kappa shape index (κ1) is 19.3. The van der Waals surface area contributed by atoms with Crippen molar-refractivity contribution in [3.05, 3.63) is 35.8 Å². The fourth-order valence-corrected chi connectivity index (χ4v) is 3.14. The van der Waals surface area contributed by atoms with Crippen LogP contribution < -0.4 is 20.0 Å². The number of aromatic nitrogens is 4. The third-order valence-corrected chi connectivity index (χ3v) is 4.67. The fraction of sp³-hybridized carbons (Fsp3) is 0.300. The van der Waals surface area contributed by atoms with Crippen LogP contribution >= 0.6 is 0 Å². The number of carbonyl (C=O) groups is 1. The van der Waals surface area contributed by atoms with E-state index in [-0.39, 0.29) is 11.5 Å². The van der Waals surface area contributed by atoms with Gasteiger partial charge in [0.1, 0.15) is 29.0 Å². The molecular weight excluding hydrogens is 388 g/mol. The molecule has 2 N–H and O–H groups in total. The number of benzene rings is 1. The Bertz CT molecular complexity index is 1140. The number of amides is 1. The molecule has 2 aromatic heterocycles. The first-order chi connectivity index (χ1) is 14.6. The van der Waals surface area contributed by atoms with E-state index in [1.54, 1.807) is 37.3 Å². The summed E-state index contributed by atoms with van der Waals surface area (Å²) in [7, 11) is 3.13. The van der Waals surface area contributed by atoms with Crippen LogP contribution in [0.5, 0.6) is 11.5 Å². The minimum absolute atomic E-state index is 0.191. The summed E-state index contributed by atoms with van der Waals surface area (Å²) in [6.45, 7) is 1.30. The van der Waals surface area contributed by atoms with Crippen LogP contribution in [-0.2, 0) is 0 Å². The van der Waals surface area contributed by atoms with E-state index >= 15 is 0 Å². The Hall–Kier alpha value is -4.00. The Morgan fingerprint density at radius 3 is 2.43 bits per heavy atom. The number of hydrogen-bond acceptors (Lipinski definition) is 8. The largest absolute Gasteiger partial charge is 0.497 e. The molecular formula is C20H20N6O4. The second kappa shape index (κ2) is 8.16.